The van der Waals surface area contributed by atoms with Crippen molar-refractivity contribution in [1.82, 2.24) is 4.90 Å². The fourth-order valence-corrected chi connectivity index (χ4v) is 4.14. The Morgan fingerprint density at radius 2 is 1.45 bits per heavy atom. The van der Waals surface area contributed by atoms with Gasteiger partial charge in [0.15, 0.2) is 0 Å². The standard InChI is InChI=1S/C26H29N3O2/c30-26(31)29(25-14-7-11-23(21-25)22-9-3-1-4-10-22)16-8-15-27-17-19-28(20-18-27)24-12-5-2-6-13-24/h1-7,9-14,21H,8,15-20H2,(H,30,31). The summed E-state index contributed by atoms with van der Waals surface area (Å²) in [5.41, 5.74) is 4.12. The Hall–Kier alpha value is -3.31. The Morgan fingerprint density at radius 1 is 0.806 bits per heavy atom. The lowest BCUT2D eigenvalue weighted by molar-refractivity contribution is 0.200. The molecule has 0 bridgehead atoms. The van der Waals surface area contributed by atoms with Crippen LogP contribution in [0.25, 0.3) is 11.1 Å². The molecule has 0 spiro atoms. The van der Waals surface area contributed by atoms with Gasteiger partial charge in [-0.3, -0.25) is 9.80 Å². The molecule has 3 aromatic rings. The van der Waals surface area contributed by atoms with Gasteiger partial charge < -0.3 is 10.0 Å². The minimum absolute atomic E-state index is 0.493. The summed E-state index contributed by atoms with van der Waals surface area (Å²) in [6, 6.07) is 28.3. The van der Waals surface area contributed by atoms with Gasteiger partial charge in [0.2, 0.25) is 0 Å². The maximum Gasteiger partial charge on any atom is 0.411 e. The summed E-state index contributed by atoms with van der Waals surface area (Å²) in [5, 5.41) is 9.79. The lowest BCUT2D eigenvalue weighted by Crippen LogP contribution is -2.47. The Morgan fingerprint density at radius 3 is 2.13 bits per heavy atom. The highest BCUT2D eigenvalue weighted by molar-refractivity contribution is 5.87. The molecule has 5 heteroatoms. The van der Waals surface area contributed by atoms with E-state index in [2.05, 4.69) is 34.1 Å². The van der Waals surface area contributed by atoms with Gasteiger partial charge in [0, 0.05) is 44.1 Å². The smallest absolute Gasteiger partial charge is 0.411 e. The third-order valence-corrected chi connectivity index (χ3v) is 5.85. The van der Waals surface area contributed by atoms with Gasteiger partial charge in [0.25, 0.3) is 0 Å². The highest BCUT2D eigenvalue weighted by atomic mass is 16.4. The average molecular weight is 416 g/mol. The molecule has 1 aliphatic heterocycles. The molecule has 0 atom stereocenters. The number of para-hydroxylation sites is 1. The number of hydrogen-bond acceptors (Lipinski definition) is 3. The predicted octanol–water partition coefficient (Wildman–Crippen LogP) is 5.05. The molecular weight excluding hydrogens is 386 g/mol. The van der Waals surface area contributed by atoms with Gasteiger partial charge in [-0.05, 0) is 48.4 Å². The number of nitrogens with zero attached hydrogens (tertiary/aromatic N) is 3. The average Bonchev–Trinajstić information content (AvgIpc) is 2.83. The molecule has 0 radical (unpaired) electrons. The van der Waals surface area contributed by atoms with Crippen LogP contribution in [-0.4, -0.2) is 55.4 Å². The van der Waals surface area contributed by atoms with E-state index in [0.717, 1.165) is 56.0 Å². The molecular formula is C26H29N3O2. The number of piperazine rings is 1. The van der Waals surface area contributed by atoms with Gasteiger partial charge >= 0.3 is 6.09 Å². The maximum atomic E-state index is 11.9. The van der Waals surface area contributed by atoms with Crippen LogP contribution >= 0.6 is 0 Å². The van der Waals surface area contributed by atoms with E-state index in [0.29, 0.717) is 6.54 Å². The lowest BCUT2D eigenvalue weighted by atomic mass is 10.0. The quantitative estimate of drug-likeness (QED) is 0.587. The van der Waals surface area contributed by atoms with Crippen molar-refractivity contribution < 1.29 is 9.90 Å². The molecule has 31 heavy (non-hydrogen) atoms. The van der Waals surface area contributed by atoms with E-state index in [4.69, 9.17) is 0 Å². The van der Waals surface area contributed by atoms with Crippen LogP contribution in [0.1, 0.15) is 6.42 Å². The van der Waals surface area contributed by atoms with Crippen molar-refractivity contribution in [1.29, 1.82) is 0 Å². The monoisotopic (exact) mass is 415 g/mol. The van der Waals surface area contributed by atoms with E-state index in [1.165, 1.54) is 10.6 Å². The van der Waals surface area contributed by atoms with Crippen LogP contribution in [0.4, 0.5) is 16.2 Å². The Labute approximate surface area is 184 Å². The maximum absolute atomic E-state index is 11.9. The Kier molecular flexibility index (Phi) is 6.85. The fourth-order valence-electron chi connectivity index (χ4n) is 4.14. The summed E-state index contributed by atoms with van der Waals surface area (Å²) in [6.45, 7) is 5.42. The topological polar surface area (TPSA) is 47.0 Å². The van der Waals surface area contributed by atoms with E-state index in [1.54, 1.807) is 0 Å². The molecule has 0 unspecified atom stereocenters. The highest BCUT2D eigenvalue weighted by Gasteiger charge is 2.19. The first-order valence-electron chi connectivity index (χ1n) is 10.9. The molecule has 1 heterocycles. The van der Waals surface area contributed by atoms with Crippen molar-refractivity contribution >= 4 is 17.5 Å². The number of hydrogen-bond donors (Lipinski definition) is 1. The molecule has 1 N–H and O–H groups in total. The van der Waals surface area contributed by atoms with E-state index in [-0.39, 0.29) is 0 Å². The predicted molar refractivity (Wildman–Crippen MR) is 127 cm³/mol. The lowest BCUT2D eigenvalue weighted by Gasteiger charge is -2.36. The minimum atomic E-state index is -0.904. The van der Waals surface area contributed by atoms with Crippen molar-refractivity contribution in [3.63, 3.8) is 0 Å². The van der Waals surface area contributed by atoms with Gasteiger partial charge in [0.1, 0.15) is 0 Å². The fraction of sp³-hybridized carbons (Fsp3) is 0.269. The third-order valence-electron chi connectivity index (χ3n) is 5.85. The molecule has 3 aromatic carbocycles. The molecule has 160 valence electrons. The van der Waals surface area contributed by atoms with E-state index in [9.17, 15) is 9.90 Å². The zero-order chi connectivity index (χ0) is 21.5. The van der Waals surface area contributed by atoms with Crippen molar-refractivity contribution in [3.8, 4) is 11.1 Å². The second kappa shape index (κ2) is 10.1. The van der Waals surface area contributed by atoms with Crippen molar-refractivity contribution in [3.05, 3.63) is 84.9 Å². The van der Waals surface area contributed by atoms with Crippen molar-refractivity contribution in [2.75, 3.05) is 49.1 Å². The van der Waals surface area contributed by atoms with E-state index < -0.39 is 6.09 Å². The van der Waals surface area contributed by atoms with E-state index >= 15 is 0 Å². The van der Waals surface area contributed by atoms with Crippen LogP contribution in [-0.2, 0) is 0 Å². The molecule has 5 nitrogen and oxygen atoms in total. The number of carbonyl (C=O) groups is 1. The molecule has 0 aromatic heterocycles. The summed E-state index contributed by atoms with van der Waals surface area (Å²) in [4.78, 5) is 18.2. The Balaban J connectivity index is 1.31. The number of amides is 1. The number of carboxylic acid groups (broad SMARTS) is 1. The zero-order valence-electron chi connectivity index (χ0n) is 17.7. The SMILES string of the molecule is O=C(O)N(CCCN1CCN(c2ccccc2)CC1)c1cccc(-c2ccccc2)c1. The number of benzene rings is 3. The first-order valence-corrected chi connectivity index (χ1v) is 10.9. The van der Waals surface area contributed by atoms with Gasteiger partial charge in [-0.15, -0.1) is 0 Å². The summed E-state index contributed by atoms with van der Waals surface area (Å²) in [7, 11) is 0. The number of rotatable bonds is 7. The summed E-state index contributed by atoms with van der Waals surface area (Å²) in [5.74, 6) is 0. The molecule has 0 saturated carbocycles. The molecule has 1 fully saturated rings. The summed E-state index contributed by atoms with van der Waals surface area (Å²) >= 11 is 0. The van der Waals surface area contributed by atoms with Crippen LogP contribution in [0.2, 0.25) is 0 Å². The minimum Gasteiger partial charge on any atom is -0.465 e. The molecule has 4 rings (SSSR count). The van der Waals surface area contributed by atoms with Crippen LogP contribution in [0, 0.1) is 0 Å². The van der Waals surface area contributed by atoms with Gasteiger partial charge in [-0.2, -0.15) is 0 Å². The first kappa shape index (κ1) is 20.9. The normalized spacial score (nSPS) is 14.4. The van der Waals surface area contributed by atoms with Crippen molar-refractivity contribution in [2.45, 2.75) is 6.42 Å². The largest absolute Gasteiger partial charge is 0.465 e. The first-order chi connectivity index (χ1) is 15.2. The second-order valence-electron chi connectivity index (χ2n) is 7.87. The zero-order valence-corrected chi connectivity index (χ0v) is 17.7. The molecule has 1 aliphatic rings. The molecule has 0 aliphatic carbocycles. The third kappa shape index (κ3) is 5.44. The summed E-state index contributed by atoms with van der Waals surface area (Å²) in [6.07, 6.45) is -0.0909. The van der Waals surface area contributed by atoms with Gasteiger partial charge in [-0.1, -0.05) is 60.7 Å². The van der Waals surface area contributed by atoms with Crippen molar-refractivity contribution in [2.24, 2.45) is 0 Å². The molecule has 1 amide bonds. The Bertz CT molecular complexity index is 970. The second-order valence-corrected chi connectivity index (χ2v) is 7.87. The molecule has 1 saturated heterocycles. The van der Waals surface area contributed by atoms with Crippen LogP contribution in [0.3, 0.4) is 0 Å². The summed E-state index contributed by atoms with van der Waals surface area (Å²) < 4.78 is 0. The van der Waals surface area contributed by atoms with Crippen LogP contribution in [0.5, 0.6) is 0 Å². The van der Waals surface area contributed by atoms with E-state index in [1.807, 2.05) is 60.7 Å². The van der Waals surface area contributed by atoms with Gasteiger partial charge in [-0.25, -0.2) is 4.79 Å². The van der Waals surface area contributed by atoms with Crippen LogP contribution < -0.4 is 9.80 Å². The van der Waals surface area contributed by atoms with Gasteiger partial charge in [0.05, 0.1) is 0 Å². The van der Waals surface area contributed by atoms with Crippen LogP contribution in [0.15, 0.2) is 84.9 Å². The number of anilines is 2. The highest BCUT2D eigenvalue weighted by Crippen LogP contribution is 2.25.